The van der Waals surface area contributed by atoms with Crippen LogP contribution in [0.5, 0.6) is 0 Å². The second-order valence-electron chi connectivity index (χ2n) is 10.2. The van der Waals surface area contributed by atoms with Gasteiger partial charge in [-0.3, -0.25) is 9.59 Å². The van der Waals surface area contributed by atoms with Gasteiger partial charge in [0.2, 0.25) is 11.8 Å². The van der Waals surface area contributed by atoms with Crippen molar-refractivity contribution in [2.24, 2.45) is 11.3 Å². The molecule has 194 valence electrons. The predicted octanol–water partition coefficient (Wildman–Crippen LogP) is 5.29. The van der Waals surface area contributed by atoms with E-state index in [1.807, 2.05) is 41.8 Å². The lowest BCUT2D eigenvalue weighted by molar-refractivity contribution is -0.116. The SMILES string of the molecule is CCn1c(CC(=O)Nc2ccccc2)nnc1SCC(=O)Nc1sc2c(c1C#N)CC[C@@H](C(C)(C)C)C2. The minimum Gasteiger partial charge on any atom is -0.326 e. The first-order valence-corrected chi connectivity index (χ1v) is 14.2. The van der Waals surface area contributed by atoms with Crippen molar-refractivity contribution in [1.29, 1.82) is 5.26 Å². The van der Waals surface area contributed by atoms with Gasteiger partial charge >= 0.3 is 0 Å². The van der Waals surface area contributed by atoms with Gasteiger partial charge in [-0.15, -0.1) is 21.5 Å². The van der Waals surface area contributed by atoms with Crippen molar-refractivity contribution < 1.29 is 9.59 Å². The van der Waals surface area contributed by atoms with Crippen LogP contribution < -0.4 is 10.6 Å². The normalized spacial score (nSPS) is 15.1. The molecule has 8 nitrogen and oxygen atoms in total. The third kappa shape index (κ3) is 6.40. The molecule has 2 N–H and O–H groups in total. The van der Waals surface area contributed by atoms with Crippen LogP contribution in [0, 0.1) is 22.7 Å². The highest BCUT2D eigenvalue weighted by Crippen LogP contribution is 2.44. The van der Waals surface area contributed by atoms with E-state index in [9.17, 15) is 14.9 Å². The molecule has 2 heterocycles. The third-order valence-corrected chi connectivity index (χ3v) is 8.81. The molecule has 10 heteroatoms. The van der Waals surface area contributed by atoms with Crippen LogP contribution in [0.25, 0.3) is 0 Å². The zero-order valence-electron chi connectivity index (χ0n) is 21.6. The number of carbonyl (C=O) groups excluding carboxylic acids is 2. The third-order valence-electron chi connectivity index (χ3n) is 6.67. The second-order valence-corrected chi connectivity index (χ2v) is 12.2. The van der Waals surface area contributed by atoms with E-state index in [2.05, 4.69) is 47.7 Å². The van der Waals surface area contributed by atoms with Gasteiger partial charge < -0.3 is 15.2 Å². The predicted molar refractivity (Wildman–Crippen MR) is 148 cm³/mol. The summed E-state index contributed by atoms with van der Waals surface area (Å²) in [5.41, 5.74) is 2.64. The lowest BCUT2D eigenvalue weighted by atomic mass is 9.72. The van der Waals surface area contributed by atoms with E-state index in [1.165, 1.54) is 28.0 Å². The summed E-state index contributed by atoms with van der Waals surface area (Å²) < 4.78 is 1.85. The number of thiophene rings is 1. The molecule has 1 aliphatic rings. The van der Waals surface area contributed by atoms with Crippen molar-refractivity contribution in [3.63, 3.8) is 0 Å². The smallest absolute Gasteiger partial charge is 0.235 e. The van der Waals surface area contributed by atoms with Crippen molar-refractivity contribution in [1.82, 2.24) is 14.8 Å². The lowest BCUT2D eigenvalue weighted by Gasteiger charge is -2.33. The average Bonchev–Trinajstić information content (AvgIpc) is 3.41. The van der Waals surface area contributed by atoms with Crippen molar-refractivity contribution >= 4 is 45.6 Å². The summed E-state index contributed by atoms with van der Waals surface area (Å²) in [7, 11) is 0. The highest BCUT2D eigenvalue weighted by Gasteiger charge is 2.32. The maximum absolute atomic E-state index is 12.8. The largest absolute Gasteiger partial charge is 0.326 e. The van der Waals surface area contributed by atoms with Crippen molar-refractivity contribution in [2.75, 3.05) is 16.4 Å². The van der Waals surface area contributed by atoms with Crippen LogP contribution in [0.2, 0.25) is 0 Å². The molecule has 1 aromatic carbocycles. The summed E-state index contributed by atoms with van der Waals surface area (Å²) in [5, 5.41) is 25.2. The van der Waals surface area contributed by atoms with Crippen LogP contribution in [0.4, 0.5) is 10.7 Å². The number of nitrogens with one attached hydrogen (secondary N) is 2. The summed E-state index contributed by atoms with van der Waals surface area (Å²) >= 11 is 2.80. The molecule has 2 amide bonds. The van der Waals surface area contributed by atoms with Crippen molar-refractivity contribution in [3.05, 3.63) is 52.2 Å². The quantitative estimate of drug-likeness (QED) is 0.378. The zero-order chi connectivity index (χ0) is 26.6. The molecule has 3 aromatic rings. The molecule has 0 radical (unpaired) electrons. The maximum atomic E-state index is 12.8. The molecule has 0 bridgehead atoms. The van der Waals surface area contributed by atoms with Crippen LogP contribution in [0.1, 0.15) is 55.9 Å². The maximum Gasteiger partial charge on any atom is 0.235 e. The first-order valence-electron chi connectivity index (χ1n) is 12.4. The van der Waals surface area contributed by atoms with Crippen LogP contribution in [0.3, 0.4) is 0 Å². The zero-order valence-corrected chi connectivity index (χ0v) is 23.3. The number of hydrogen-bond donors (Lipinski definition) is 2. The first-order chi connectivity index (χ1) is 17.7. The van der Waals surface area contributed by atoms with Gasteiger partial charge in [-0.25, -0.2) is 0 Å². The number of fused-ring (bicyclic) bond motifs is 1. The van der Waals surface area contributed by atoms with Gasteiger partial charge in [-0.1, -0.05) is 50.7 Å². The number of rotatable bonds is 8. The van der Waals surface area contributed by atoms with Gasteiger partial charge in [-0.2, -0.15) is 5.26 Å². The van der Waals surface area contributed by atoms with E-state index < -0.39 is 0 Å². The molecule has 0 aliphatic heterocycles. The van der Waals surface area contributed by atoms with Gasteiger partial charge in [0.1, 0.15) is 16.9 Å². The Balaban J connectivity index is 1.37. The highest BCUT2D eigenvalue weighted by atomic mass is 32.2. The van der Waals surface area contributed by atoms with E-state index in [-0.39, 0.29) is 29.4 Å². The molecule has 1 atom stereocenters. The number of aromatic nitrogens is 3. The van der Waals surface area contributed by atoms with Gasteiger partial charge in [-0.05, 0) is 55.2 Å². The van der Waals surface area contributed by atoms with E-state index in [0.29, 0.717) is 34.0 Å². The Kier molecular flexibility index (Phi) is 8.35. The molecule has 0 spiro atoms. The minimum absolute atomic E-state index is 0.0876. The second kappa shape index (κ2) is 11.5. The molecular weight excluding hydrogens is 504 g/mol. The molecule has 4 rings (SSSR count). The molecule has 0 saturated heterocycles. The molecule has 1 aliphatic carbocycles. The van der Waals surface area contributed by atoms with Crippen LogP contribution in [0.15, 0.2) is 35.5 Å². The Labute approximate surface area is 225 Å². The number of para-hydroxylation sites is 1. The molecule has 0 fully saturated rings. The van der Waals surface area contributed by atoms with Crippen LogP contribution in [-0.2, 0) is 35.4 Å². The fraction of sp³-hybridized carbons (Fsp3) is 0.444. The number of nitriles is 1. The highest BCUT2D eigenvalue weighted by molar-refractivity contribution is 7.99. The number of amides is 2. The summed E-state index contributed by atoms with van der Waals surface area (Å²) in [6, 6.07) is 11.6. The Morgan fingerprint density at radius 3 is 2.62 bits per heavy atom. The van der Waals surface area contributed by atoms with E-state index >= 15 is 0 Å². The Morgan fingerprint density at radius 1 is 1.19 bits per heavy atom. The summed E-state index contributed by atoms with van der Waals surface area (Å²) in [4.78, 5) is 26.5. The number of hydrogen-bond acceptors (Lipinski definition) is 7. The Morgan fingerprint density at radius 2 is 1.95 bits per heavy atom. The fourth-order valence-corrected chi connectivity index (χ4v) is 6.68. The molecule has 2 aromatic heterocycles. The van der Waals surface area contributed by atoms with Crippen LogP contribution >= 0.6 is 23.1 Å². The molecular formula is C27H32N6O2S2. The summed E-state index contributed by atoms with van der Waals surface area (Å²) in [6.07, 6.45) is 2.97. The standard InChI is InChI=1S/C27H32N6O2S2/c1-5-33-22(14-23(34)29-18-9-7-6-8-10-18)31-32-26(33)36-16-24(35)30-25-20(15-28)19-12-11-17(27(2,3)4)13-21(19)37-25/h6-10,17H,5,11-14,16H2,1-4H3,(H,29,34)(H,30,35)/t17-/m1/s1. The van der Waals surface area contributed by atoms with Gasteiger partial charge in [0.05, 0.1) is 17.7 Å². The average molecular weight is 537 g/mol. The Bertz CT molecular complexity index is 1320. The fourth-order valence-electron chi connectivity index (χ4n) is 4.57. The number of carbonyl (C=O) groups is 2. The summed E-state index contributed by atoms with van der Waals surface area (Å²) in [5.74, 6) is 0.869. The van der Waals surface area contributed by atoms with Gasteiger partial charge in [0.25, 0.3) is 0 Å². The van der Waals surface area contributed by atoms with Crippen molar-refractivity contribution in [2.45, 2.75) is 65.1 Å². The number of thioether (sulfide) groups is 1. The van der Waals surface area contributed by atoms with E-state index in [0.717, 1.165) is 30.5 Å². The number of nitrogens with zero attached hydrogens (tertiary/aromatic N) is 4. The first kappa shape index (κ1) is 26.9. The molecule has 0 unspecified atom stereocenters. The van der Waals surface area contributed by atoms with Crippen molar-refractivity contribution in [3.8, 4) is 6.07 Å². The topological polar surface area (TPSA) is 113 Å². The Hall–Kier alpha value is -3.16. The molecule has 37 heavy (non-hydrogen) atoms. The lowest BCUT2D eigenvalue weighted by Crippen LogP contribution is -2.26. The summed E-state index contributed by atoms with van der Waals surface area (Å²) in [6.45, 7) is 9.31. The monoisotopic (exact) mass is 536 g/mol. The molecule has 0 saturated carbocycles. The number of benzene rings is 1. The van der Waals surface area contributed by atoms with Crippen LogP contribution in [-0.4, -0.2) is 32.3 Å². The van der Waals surface area contributed by atoms with E-state index in [4.69, 9.17) is 0 Å². The minimum atomic E-state index is -0.193. The van der Waals surface area contributed by atoms with Gasteiger partial charge in [0.15, 0.2) is 5.16 Å². The number of anilines is 2. The van der Waals surface area contributed by atoms with Gasteiger partial charge in [0, 0.05) is 17.1 Å². The van der Waals surface area contributed by atoms with E-state index in [1.54, 1.807) is 0 Å².